The van der Waals surface area contributed by atoms with Crippen LogP contribution in [0.1, 0.15) is 32.6 Å². The summed E-state index contributed by atoms with van der Waals surface area (Å²) in [4.78, 5) is 0. The lowest BCUT2D eigenvalue weighted by Gasteiger charge is -1.97. The molecule has 54 valence electrons. The molecule has 0 bridgehead atoms. The van der Waals surface area contributed by atoms with Crippen LogP contribution in [0.3, 0.4) is 0 Å². The molecule has 0 aromatic carbocycles. The second-order valence-corrected chi connectivity index (χ2v) is 2.34. The SMILES string of the molecule is C=C(CF)CCCCC. The highest BCUT2D eigenvalue weighted by Gasteiger charge is 1.90. The Labute approximate surface area is 56.8 Å². The van der Waals surface area contributed by atoms with Gasteiger partial charge in [-0.15, -0.1) is 0 Å². The van der Waals surface area contributed by atoms with Crippen molar-refractivity contribution in [3.63, 3.8) is 0 Å². The molecule has 0 saturated carbocycles. The molecule has 0 rings (SSSR count). The number of halogens is 1. The molecular weight excluding hydrogens is 115 g/mol. The topological polar surface area (TPSA) is 0 Å². The van der Waals surface area contributed by atoms with Crippen LogP contribution in [-0.2, 0) is 0 Å². The molecule has 0 N–H and O–H groups in total. The highest BCUT2D eigenvalue weighted by Crippen LogP contribution is 2.06. The van der Waals surface area contributed by atoms with Crippen molar-refractivity contribution in [2.24, 2.45) is 0 Å². The molecule has 0 atom stereocenters. The predicted molar refractivity (Wildman–Crippen MR) is 39.3 cm³/mol. The van der Waals surface area contributed by atoms with E-state index in [1.807, 2.05) is 0 Å². The Bertz CT molecular complexity index is 76.6. The first-order valence-corrected chi connectivity index (χ1v) is 3.54. The zero-order chi connectivity index (χ0) is 7.11. The third-order valence-corrected chi connectivity index (χ3v) is 1.32. The third-order valence-electron chi connectivity index (χ3n) is 1.32. The van der Waals surface area contributed by atoms with E-state index in [1.54, 1.807) is 0 Å². The quantitative estimate of drug-likeness (QED) is 0.396. The van der Waals surface area contributed by atoms with Crippen LogP contribution in [0, 0.1) is 0 Å². The van der Waals surface area contributed by atoms with Crippen molar-refractivity contribution in [2.75, 3.05) is 6.67 Å². The summed E-state index contributed by atoms with van der Waals surface area (Å²) in [6.45, 7) is 5.36. The van der Waals surface area contributed by atoms with Gasteiger partial charge in [-0.05, 0) is 18.4 Å². The maximum Gasteiger partial charge on any atom is 0.110 e. The molecule has 0 aromatic heterocycles. The molecule has 0 unspecified atom stereocenters. The zero-order valence-corrected chi connectivity index (χ0v) is 6.12. The van der Waals surface area contributed by atoms with E-state index in [1.165, 1.54) is 12.8 Å². The van der Waals surface area contributed by atoms with Gasteiger partial charge in [0.2, 0.25) is 0 Å². The minimum atomic E-state index is -0.344. The summed E-state index contributed by atoms with van der Waals surface area (Å²) in [6.07, 6.45) is 4.35. The van der Waals surface area contributed by atoms with Gasteiger partial charge < -0.3 is 0 Å². The molecule has 0 aliphatic rings. The van der Waals surface area contributed by atoms with Gasteiger partial charge in [-0.25, -0.2) is 4.39 Å². The number of hydrogen-bond donors (Lipinski definition) is 0. The first-order chi connectivity index (χ1) is 4.31. The van der Waals surface area contributed by atoms with E-state index in [4.69, 9.17) is 0 Å². The minimum absolute atomic E-state index is 0.344. The molecule has 0 radical (unpaired) electrons. The van der Waals surface area contributed by atoms with E-state index in [0.717, 1.165) is 18.4 Å². The molecule has 0 aliphatic heterocycles. The van der Waals surface area contributed by atoms with Crippen molar-refractivity contribution in [3.8, 4) is 0 Å². The van der Waals surface area contributed by atoms with Crippen molar-refractivity contribution in [1.82, 2.24) is 0 Å². The lowest BCUT2D eigenvalue weighted by molar-refractivity contribution is 0.525. The van der Waals surface area contributed by atoms with E-state index < -0.39 is 0 Å². The molecular formula is C8H15F. The van der Waals surface area contributed by atoms with Crippen LogP contribution < -0.4 is 0 Å². The molecule has 0 nitrogen and oxygen atoms in total. The van der Waals surface area contributed by atoms with Crippen LogP contribution in [0.15, 0.2) is 12.2 Å². The largest absolute Gasteiger partial charge is 0.246 e. The molecule has 1 heteroatoms. The van der Waals surface area contributed by atoms with Crippen LogP contribution in [0.4, 0.5) is 4.39 Å². The number of alkyl halides is 1. The van der Waals surface area contributed by atoms with Crippen molar-refractivity contribution in [1.29, 1.82) is 0 Å². The van der Waals surface area contributed by atoms with Gasteiger partial charge in [-0.1, -0.05) is 26.3 Å². The number of hydrogen-bond acceptors (Lipinski definition) is 0. The summed E-state index contributed by atoms with van der Waals surface area (Å²) in [7, 11) is 0. The average molecular weight is 130 g/mol. The normalized spacial score (nSPS) is 9.56. The summed E-state index contributed by atoms with van der Waals surface area (Å²) >= 11 is 0. The van der Waals surface area contributed by atoms with E-state index in [-0.39, 0.29) is 6.67 Å². The molecule has 0 spiro atoms. The Morgan fingerprint density at radius 1 is 1.44 bits per heavy atom. The van der Waals surface area contributed by atoms with Gasteiger partial charge in [0.1, 0.15) is 6.67 Å². The van der Waals surface area contributed by atoms with Crippen molar-refractivity contribution >= 4 is 0 Å². The summed E-state index contributed by atoms with van der Waals surface area (Å²) in [5.74, 6) is 0. The van der Waals surface area contributed by atoms with Crippen molar-refractivity contribution in [2.45, 2.75) is 32.6 Å². The molecule has 0 amide bonds. The van der Waals surface area contributed by atoms with Crippen LogP contribution >= 0.6 is 0 Å². The average Bonchev–Trinajstić information content (AvgIpc) is 1.89. The fraction of sp³-hybridized carbons (Fsp3) is 0.750. The lowest BCUT2D eigenvalue weighted by Crippen LogP contribution is -1.83. The highest BCUT2D eigenvalue weighted by atomic mass is 19.1. The first-order valence-electron chi connectivity index (χ1n) is 3.54. The van der Waals surface area contributed by atoms with Crippen LogP contribution in [0.2, 0.25) is 0 Å². The van der Waals surface area contributed by atoms with E-state index in [9.17, 15) is 4.39 Å². The Morgan fingerprint density at radius 2 is 2.11 bits per heavy atom. The maximum absolute atomic E-state index is 11.7. The lowest BCUT2D eigenvalue weighted by atomic mass is 10.1. The highest BCUT2D eigenvalue weighted by molar-refractivity contribution is 4.92. The van der Waals surface area contributed by atoms with Gasteiger partial charge >= 0.3 is 0 Å². The van der Waals surface area contributed by atoms with Crippen LogP contribution in [-0.4, -0.2) is 6.67 Å². The van der Waals surface area contributed by atoms with E-state index in [2.05, 4.69) is 13.5 Å². The summed E-state index contributed by atoms with van der Waals surface area (Å²) in [6, 6.07) is 0. The Hall–Kier alpha value is -0.330. The number of rotatable bonds is 5. The molecule has 0 aliphatic carbocycles. The number of allylic oxidation sites excluding steroid dienone is 1. The fourth-order valence-electron chi connectivity index (χ4n) is 0.692. The molecule has 0 heterocycles. The standard InChI is InChI=1S/C8H15F/c1-3-4-5-6-8(2)7-9/h2-7H2,1H3. The predicted octanol–water partition coefficient (Wildman–Crippen LogP) is 3.09. The number of unbranched alkanes of at least 4 members (excludes halogenated alkanes) is 2. The minimum Gasteiger partial charge on any atom is -0.246 e. The molecule has 0 fully saturated rings. The second kappa shape index (κ2) is 5.80. The van der Waals surface area contributed by atoms with Gasteiger partial charge in [-0.3, -0.25) is 0 Å². The van der Waals surface area contributed by atoms with Gasteiger partial charge in [0.25, 0.3) is 0 Å². The van der Waals surface area contributed by atoms with Gasteiger partial charge in [0.05, 0.1) is 0 Å². The maximum atomic E-state index is 11.7. The van der Waals surface area contributed by atoms with E-state index in [0.29, 0.717) is 0 Å². The van der Waals surface area contributed by atoms with Crippen LogP contribution in [0.25, 0.3) is 0 Å². The fourth-order valence-corrected chi connectivity index (χ4v) is 0.692. The summed E-state index contributed by atoms with van der Waals surface area (Å²) in [5.41, 5.74) is 0.739. The summed E-state index contributed by atoms with van der Waals surface area (Å²) in [5, 5.41) is 0. The molecule has 0 saturated heterocycles. The van der Waals surface area contributed by atoms with Gasteiger partial charge in [0, 0.05) is 0 Å². The van der Waals surface area contributed by atoms with Gasteiger partial charge in [0.15, 0.2) is 0 Å². The van der Waals surface area contributed by atoms with Crippen molar-refractivity contribution < 1.29 is 4.39 Å². The Kier molecular flexibility index (Phi) is 5.59. The molecule has 0 aromatic rings. The van der Waals surface area contributed by atoms with Crippen LogP contribution in [0.5, 0.6) is 0 Å². The summed E-state index contributed by atoms with van der Waals surface area (Å²) < 4.78 is 11.7. The second-order valence-electron chi connectivity index (χ2n) is 2.34. The third kappa shape index (κ3) is 5.54. The van der Waals surface area contributed by atoms with Crippen molar-refractivity contribution in [3.05, 3.63) is 12.2 Å². The zero-order valence-electron chi connectivity index (χ0n) is 6.12. The van der Waals surface area contributed by atoms with E-state index >= 15 is 0 Å². The van der Waals surface area contributed by atoms with Gasteiger partial charge in [-0.2, -0.15) is 0 Å². The molecule has 9 heavy (non-hydrogen) atoms. The smallest absolute Gasteiger partial charge is 0.110 e. The first kappa shape index (κ1) is 8.67. The monoisotopic (exact) mass is 130 g/mol. The Morgan fingerprint density at radius 3 is 2.56 bits per heavy atom. The Balaban J connectivity index is 2.97.